The highest BCUT2D eigenvalue weighted by atomic mass is 32.2. The largest absolute Gasteiger partial charge is 0.477 e. The second-order valence-electron chi connectivity index (χ2n) is 12.2. The number of nitrogens with zero attached hydrogens (tertiary/aromatic N) is 4. The molecule has 0 unspecified atom stereocenters. The Hall–Kier alpha value is -3.39. The maximum Gasteiger partial charge on any atom is 0.394 e. The fourth-order valence-corrected chi connectivity index (χ4v) is 8.46. The number of nitrogens with one attached hydrogen (secondary N) is 1. The van der Waals surface area contributed by atoms with Crippen molar-refractivity contribution in [2.45, 2.75) is 68.9 Å². The molecule has 3 aromatic rings. The van der Waals surface area contributed by atoms with Gasteiger partial charge in [-0.3, -0.25) is 4.79 Å². The summed E-state index contributed by atoms with van der Waals surface area (Å²) in [7, 11) is -5.48. The molecular formula is C29H36F3N5O4SSi. The Labute approximate surface area is 251 Å². The Bertz CT molecular complexity index is 1590. The summed E-state index contributed by atoms with van der Waals surface area (Å²) < 4.78 is 74.9. The van der Waals surface area contributed by atoms with E-state index in [9.17, 15) is 26.4 Å². The minimum atomic E-state index is -4.25. The molecule has 1 aliphatic heterocycles. The van der Waals surface area contributed by atoms with Crippen molar-refractivity contribution in [1.82, 2.24) is 19.5 Å². The van der Waals surface area contributed by atoms with Crippen LogP contribution < -0.4 is 14.4 Å². The molecule has 0 spiro atoms. The number of rotatable bonds is 10. The highest BCUT2D eigenvalue weighted by molar-refractivity contribution is 7.90. The number of anilines is 1. The van der Waals surface area contributed by atoms with Gasteiger partial charge in [0.2, 0.25) is 5.88 Å². The van der Waals surface area contributed by atoms with Crippen molar-refractivity contribution in [3.8, 4) is 11.7 Å². The maximum absolute atomic E-state index is 13.5. The van der Waals surface area contributed by atoms with E-state index >= 15 is 0 Å². The van der Waals surface area contributed by atoms with E-state index in [-0.39, 0.29) is 47.4 Å². The van der Waals surface area contributed by atoms with Crippen LogP contribution in [0.1, 0.15) is 49.9 Å². The predicted octanol–water partition coefficient (Wildman–Crippen LogP) is 5.13. The molecule has 1 saturated heterocycles. The number of aromatic nitrogens is 3. The van der Waals surface area contributed by atoms with Crippen LogP contribution in [0.2, 0.25) is 13.1 Å². The smallest absolute Gasteiger partial charge is 0.394 e. The lowest BCUT2D eigenvalue weighted by molar-refractivity contribution is -0.190. The lowest BCUT2D eigenvalue weighted by Crippen LogP contribution is -2.52. The number of hydrogen-bond acceptors (Lipinski definition) is 7. The average molecular weight is 636 g/mol. The van der Waals surface area contributed by atoms with Gasteiger partial charge in [-0.1, -0.05) is 38.2 Å². The highest BCUT2D eigenvalue weighted by Gasteiger charge is 2.62. The van der Waals surface area contributed by atoms with E-state index in [1.54, 1.807) is 36.5 Å². The van der Waals surface area contributed by atoms with Crippen molar-refractivity contribution in [2.75, 3.05) is 18.1 Å². The number of pyridine rings is 1. The van der Waals surface area contributed by atoms with Crippen LogP contribution >= 0.6 is 0 Å². The molecule has 2 aliphatic rings. The summed E-state index contributed by atoms with van der Waals surface area (Å²) in [5, 5.41) is 4.13. The minimum Gasteiger partial charge on any atom is -0.477 e. The molecule has 9 nitrogen and oxygen atoms in total. The Morgan fingerprint density at radius 3 is 2.47 bits per heavy atom. The molecule has 0 radical (unpaired) electrons. The minimum absolute atomic E-state index is 0.0318. The topological polar surface area (TPSA) is 106 Å². The molecule has 5 rings (SSSR count). The normalized spacial score (nSPS) is 21.7. The van der Waals surface area contributed by atoms with Gasteiger partial charge in [0.1, 0.15) is 5.82 Å². The summed E-state index contributed by atoms with van der Waals surface area (Å²) in [4.78, 5) is 20.4. The molecule has 1 saturated carbocycles. The number of alkyl halides is 3. The molecule has 14 heteroatoms. The van der Waals surface area contributed by atoms with Gasteiger partial charge < -0.3 is 9.64 Å². The van der Waals surface area contributed by atoms with Crippen molar-refractivity contribution >= 4 is 30.5 Å². The molecule has 2 aromatic heterocycles. The summed E-state index contributed by atoms with van der Waals surface area (Å²) in [6.45, 7) is 9.29. The standard InChI is InChI=1S/C29H36F3N5O4SSi/c1-20-18-27(2,43(3)4)36(19-20)25-22(26(38)35-42(39,40)21-8-6-5-7-9-21)10-11-23(33-25)37-16-12-24(34-37)41-17-15-28(13-14-28)29(30,31)32/h5-12,16,20,43H,13-15,17-19H2,1-4H3,(H,35,38)/t20-,27-/m0/s1. The molecule has 232 valence electrons. The van der Waals surface area contributed by atoms with Crippen molar-refractivity contribution in [1.29, 1.82) is 0 Å². The zero-order valence-electron chi connectivity index (χ0n) is 24.6. The number of sulfonamides is 1. The summed E-state index contributed by atoms with van der Waals surface area (Å²) in [6.07, 6.45) is -1.66. The summed E-state index contributed by atoms with van der Waals surface area (Å²) in [5.41, 5.74) is -1.54. The van der Waals surface area contributed by atoms with E-state index in [0.717, 1.165) is 6.42 Å². The third kappa shape index (κ3) is 6.17. The number of ether oxygens (including phenoxy) is 1. The van der Waals surface area contributed by atoms with Crippen LogP contribution in [0.3, 0.4) is 0 Å². The molecule has 2 fully saturated rings. The van der Waals surface area contributed by atoms with Crippen LogP contribution in [0.5, 0.6) is 5.88 Å². The van der Waals surface area contributed by atoms with Crippen LogP contribution in [0.25, 0.3) is 5.82 Å². The van der Waals surface area contributed by atoms with E-state index in [1.165, 1.54) is 22.9 Å². The van der Waals surface area contributed by atoms with E-state index in [2.05, 4.69) is 41.7 Å². The lowest BCUT2D eigenvalue weighted by Gasteiger charge is -2.40. The fraction of sp³-hybridized carbons (Fsp3) is 0.483. The Kier molecular flexibility index (Phi) is 8.14. The van der Waals surface area contributed by atoms with E-state index in [4.69, 9.17) is 9.72 Å². The molecule has 1 aromatic carbocycles. The Balaban J connectivity index is 1.44. The van der Waals surface area contributed by atoms with Gasteiger partial charge in [0.25, 0.3) is 15.9 Å². The fourth-order valence-electron chi connectivity index (χ4n) is 5.75. The van der Waals surface area contributed by atoms with Gasteiger partial charge in [0, 0.05) is 24.0 Å². The van der Waals surface area contributed by atoms with E-state index in [1.807, 2.05) is 0 Å². The SMILES string of the molecule is C[C@@H]1CN(c2nc(-n3ccc(OCCC4(C(F)(F)F)CC4)n3)ccc2C(=O)NS(=O)(=O)c2ccccc2)[C@@](C)([SiH](C)C)C1. The first-order valence-corrected chi connectivity index (χ1v) is 18.7. The highest BCUT2D eigenvalue weighted by Crippen LogP contribution is 2.59. The molecule has 43 heavy (non-hydrogen) atoms. The zero-order valence-corrected chi connectivity index (χ0v) is 26.5. The first-order valence-electron chi connectivity index (χ1n) is 14.3. The van der Waals surface area contributed by atoms with E-state index in [0.29, 0.717) is 24.1 Å². The van der Waals surface area contributed by atoms with Gasteiger partial charge in [-0.05, 0) is 62.8 Å². The molecule has 1 aliphatic carbocycles. The summed E-state index contributed by atoms with van der Waals surface area (Å²) >= 11 is 0. The first kappa shape index (κ1) is 31.0. The predicted molar refractivity (Wildman–Crippen MR) is 159 cm³/mol. The third-order valence-electron chi connectivity index (χ3n) is 8.84. The van der Waals surface area contributed by atoms with Crippen molar-refractivity contribution in [2.24, 2.45) is 11.3 Å². The summed E-state index contributed by atoms with van der Waals surface area (Å²) in [6, 6.07) is 12.3. The number of carbonyl (C=O) groups is 1. The number of carbonyl (C=O) groups excluding carboxylic acids is 1. The number of halogens is 3. The number of hydrogen-bond donors (Lipinski definition) is 1. The molecule has 1 N–H and O–H groups in total. The number of benzene rings is 1. The monoisotopic (exact) mass is 635 g/mol. The van der Waals surface area contributed by atoms with Crippen LogP contribution in [0.15, 0.2) is 59.6 Å². The lowest BCUT2D eigenvalue weighted by atomic mass is 10.0. The second-order valence-corrected chi connectivity index (χ2v) is 17.4. The second kappa shape index (κ2) is 11.3. The Morgan fingerprint density at radius 1 is 1.14 bits per heavy atom. The first-order chi connectivity index (χ1) is 20.2. The summed E-state index contributed by atoms with van der Waals surface area (Å²) in [5.74, 6) is 0.393. The molecule has 1 amide bonds. The number of amides is 1. The Morgan fingerprint density at radius 2 is 1.84 bits per heavy atom. The van der Waals surface area contributed by atoms with E-state index < -0.39 is 36.3 Å². The van der Waals surface area contributed by atoms with Gasteiger partial charge in [-0.15, -0.1) is 5.10 Å². The third-order valence-corrected chi connectivity index (χ3v) is 13.2. The molecular weight excluding hydrogens is 599 g/mol. The van der Waals surface area contributed by atoms with Crippen molar-refractivity contribution < 1.29 is 31.1 Å². The van der Waals surface area contributed by atoms with Crippen LogP contribution in [0.4, 0.5) is 19.0 Å². The van der Waals surface area contributed by atoms with Crippen molar-refractivity contribution in [3.63, 3.8) is 0 Å². The van der Waals surface area contributed by atoms with Gasteiger partial charge in [0.15, 0.2) is 5.82 Å². The molecule has 0 bridgehead atoms. The maximum atomic E-state index is 13.5. The van der Waals surface area contributed by atoms with Gasteiger partial charge in [-0.2, -0.15) is 13.2 Å². The average Bonchev–Trinajstić information content (AvgIpc) is 3.49. The van der Waals surface area contributed by atoms with Crippen LogP contribution in [-0.4, -0.2) is 62.4 Å². The van der Waals surface area contributed by atoms with Crippen LogP contribution in [-0.2, 0) is 10.0 Å². The quantitative estimate of drug-likeness (QED) is 0.308. The van der Waals surface area contributed by atoms with Crippen LogP contribution in [0, 0.1) is 11.3 Å². The van der Waals surface area contributed by atoms with Gasteiger partial charge in [-0.25, -0.2) is 22.8 Å². The van der Waals surface area contributed by atoms with Crippen molar-refractivity contribution in [3.05, 3.63) is 60.3 Å². The zero-order chi connectivity index (χ0) is 31.2. The van der Waals surface area contributed by atoms with Gasteiger partial charge >= 0.3 is 6.18 Å². The molecule has 3 heterocycles. The molecule has 2 atom stereocenters. The van der Waals surface area contributed by atoms with Gasteiger partial charge in [0.05, 0.1) is 31.3 Å².